The molecule has 2 aliphatic heterocycles. The first-order valence-electron chi connectivity index (χ1n) is 17.1. The highest BCUT2D eigenvalue weighted by Crippen LogP contribution is 2.11. The van der Waals surface area contributed by atoms with Crippen molar-refractivity contribution >= 4 is 65.4 Å². The number of nitrogens with zero attached hydrogens (tertiary/aromatic N) is 2. The fourth-order valence-electron chi connectivity index (χ4n) is 5.29. The minimum atomic E-state index is -1.24. The summed E-state index contributed by atoms with van der Waals surface area (Å²) < 4.78 is 9.13. The van der Waals surface area contributed by atoms with Gasteiger partial charge in [-0.15, -0.1) is 0 Å². The molecule has 2 rings (SSSR count). The molecular formula is C33H47N9O13. The Kier molecular flexibility index (Phi) is 17.4. The van der Waals surface area contributed by atoms with Gasteiger partial charge < -0.3 is 46.7 Å². The Morgan fingerprint density at radius 1 is 0.564 bits per heavy atom. The van der Waals surface area contributed by atoms with Gasteiger partial charge in [0, 0.05) is 49.7 Å². The number of rotatable bonds is 20. The summed E-state index contributed by atoms with van der Waals surface area (Å²) in [6, 6.07) is -4.87. The van der Waals surface area contributed by atoms with Gasteiger partial charge in [0.05, 0.1) is 26.6 Å². The van der Waals surface area contributed by atoms with Crippen molar-refractivity contribution in [3.05, 3.63) is 24.3 Å². The number of methoxy groups -OCH3 is 2. The van der Waals surface area contributed by atoms with Crippen LogP contribution in [0.25, 0.3) is 0 Å². The van der Waals surface area contributed by atoms with Gasteiger partial charge in [0.2, 0.25) is 29.5 Å². The second-order valence-electron chi connectivity index (χ2n) is 12.4. The molecule has 2 aliphatic rings. The zero-order valence-electron chi connectivity index (χ0n) is 31.2. The number of amides is 11. The number of alkyl carbamates (subject to hydrolysis) is 2. The maximum Gasteiger partial charge on any atom is 0.407 e. The normalized spacial score (nSPS) is 16.6. The van der Waals surface area contributed by atoms with E-state index >= 15 is 0 Å². The number of nitrogens with one attached hydrogen (secondary N) is 7. The smallest absolute Gasteiger partial charge is 0.407 e. The summed E-state index contributed by atoms with van der Waals surface area (Å²) in [5, 5.41) is 17.3. The van der Waals surface area contributed by atoms with Crippen LogP contribution in [-0.4, -0.2) is 132 Å². The fourth-order valence-corrected chi connectivity index (χ4v) is 5.29. The van der Waals surface area contributed by atoms with E-state index in [4.69, 9.17) is 0 Å². The summed E-state index contributed by atoms with van der Waals surface area (Å²) in [7, 11) is 2.28. The zero-order chi connectivity index (χ0) is 41.4. The molecule has 0 fully saturated rings. The molecule has 302 valence electrons. The Bertz CT molecular complexity index is 1480. The summed E-state index contributed by atoms with van der Waals surface area (Å²) in [6.45, 7) is 5.62. The van der Waals surface area contributed by atoms with Crippen molar-refractivity contribution in [1.82, 2.24) is 47.0 Å². The van der Waals surface area contributed by atoms with E-state index in [0.29, 0.717) is 12.8 Å². The molecule has 5 atom stereocenters. The van der Waals surface area contributed by atoms with Gasteiger partial charge in [-0.1, -0.05) is 0 Å². The third kappa shape index (κ3) is 14.2. The lowest BCUT2D eigenvalue weighted by Crippen LogP contribution is -2.56. The molecule has 0 radical (unpaired) electrons. The minimum Gasteiger partial charge on any atom is -0.453 e. The molecule has 55 heavy (non-hydrogen) atoms. The molecule has 0 aromatic carbocycles. The predicted octanol–water partition coefficient (Wildman–Crippen LogP) is -2.71. The molecule has 0 saturated carbocycles. The van der Waals surface area contributed by atoms with E-state index in [2.05, 4.69) is 46.7 Å². The number of carbonyl (C=O) groups is 11. The lowest BCUT2D eigenvalue weighted by molar-refractivity contribution is -0.145. The number of ether oxygens (including phenoxy) is 2. The maximum absolute atomic E-state index is 13.5. The highest BCUT2D eigenvalue weighted by atomic mass is 16.5. The predicted molar refractivity (Wildman–Crippen MR) is 187 cm³/mol. The van der Waals surface area contributed by atoms with Gasteiger partial charge in [-0.25, -0.2) is 9.59 Å². The molecule has 0 aliphatic carbocycles. The van der Waals surface area contributed by atoms with Gasteiger partial charge in [-0.2, -0.15) is 0 Å². The maximum atomic E-state index is 13.5. The third-order valence-corrected chi connectivity index (χ3v) is 8.07. The van der Waals surface area contributed by atoms with Gasteiger partial charge in [0.25, 0.3) is 23.6 Å². The molecule has 5 unspecified atom stereocenters. The first-order valence-corrected chi connectivity index (χ1v) is 17.1. The summed E-state index contributed by atoms with van der Waals surface area (Å²) in [5.41, 5.74) is 0. The van der Waals surface area contributed by atoms with Crippen LogP contribution in [0.15, 0.2) is 24.3 Å². The van der Waals surface area contributed by atoms with Crippen LogP contribution in [0.3, 0.4) is 0 Å². The van der Waals surface area contributed by atoms with Crippen LogP contribution in [0.4, 0.5) is 9.59 Å². The minimum absolute atomic E-state index is 0.0481. The Hall–Kier alpha value is -6.35. The highest BCUT2D eigenvalue weighted by Gasteiger charge is 2.35. The van der Waals surface area contributed by atoms with Crippen molar-refractivity contribution in [2.75, 3.05) is 20.8 Å². The van der Waals surface area contributed by atoms with E-state index in [0.717, 1.165) is 41.2 Å². The Balaban J connectivity index is 2.13. The molecule has 11 amide bonds. The molecular weight excluding hydrogens is 730 g/mol. The van der Waals surface area contributed by atoms with Gasteiger partial charge in [0.15, 0.2) is 0 Å². The third-order valence-electron chi connectivity index (χ3n) is 8.07. The number of unbranched alkanes of at least 4 members (excludes halogenated alkanes) is 1. The van der Waals surface area contributed by atoms with Crippen LogP contribution in [0, 0.1) is 0 Å². The van der Waals surface area contributed by atoms with E-state index in [1.807, 2.05) is 0 Å². The second-order valence-corrected chi connectivity index (χ2v) is 12.4. The Labute approximate surface area is 315 Å². The first-order chi connectivity index (χ1) is 25.9. The summed E-state index contributed by atoms with van der Waals surface area (Å²) >= 11 is 0. The van der Waals surface area contributed by atoms with Gasteiger partial charge in [0.1, 0.15) is 18.1 Å². The molecule has 0 aromatic rings. The van der Waals surface area contributed by atoms with Crippen molar-refractivity contribution in [3.8, 4) is 0 Å². The molecule has 2 heterocycles. The van der Waals surface area contributed by atoms with Crippen LogP contribution in [0.1, 0.15) is 59.8 Å². The van der Waals surface area contributed by atoms with E-state index in [1.54, 1.807) is 0 Å². The highest BCUT2D eigenvalue weighted by molar-refractivity contribution is 6.15. The standard InChI is InChI=1S/C33H47N9O13/c1-17(41-25(45)10-11-26(41)46)29(49)37-19(3)35-23(43)15-21(39-31(51)22(40-33(53)55-6)9-7-8-14-34-32(52)54-5)16-24(44)36-20(4)38-30(50)18(2)42-27(47)12-13-28(42)48/h10-13,17-22H,7-9,14-16H2,1-6H3,(H,34,52)(H,35,43)(H,36,44)(H,37,49)(H,38,50)(H,39,51)(H,40,53). The SMILES string of the molecule is COC(=O)NCCCCC(NC(=O)OC)C(=O)NC(CC(=O)NC(C)NC(=O)C(C)N1C(=O)C=CC1=O)CC(=O)NC(C)NC(=O)C(C)N1C(=O)C=CC1=O. The van der Waals surface area contributed by atoms with Crippen LogP contribution in [-0.2, 0) is 52.6 Å². The fraction of sp³-hybridized carbons (Fsp3) is 0.545. The largest absolute Gasteiger partial charge is 0.453 e. The Morgan fingerprint density at radius 2 is 0.982 bits per heavy atom. The molecule has 7 N–H and O–H groups in total. The zero-order valence-corrected chi connectivity index (χ0v) is 31.2. The summed E-state index contributed by atoms with van der Waals surface area (Å²) in [5.74, 6) is -6.58. The Morgan fingerprint density at radius 3 is 1.38 bits per heavy atom. The molecule has 0 saturated heterocycles. The van der Waals surface area contributed by atoms with Crippen molar-refractivity contribution < 1.29 is 62.2 Å². The lowest BCUT2D eigenvalue weighted by atomic mass is 10.1. The van der Waals surface area contributed by atoms with Crippen LogP contribution >= 0.6 is 0 Å². The molecule has 0 bridgehead atoms. The van der Waals surface area contributed by atoms with E-state index in [-0.39, 0.29) is 13.0 Å². The average molecular weight is 778 g/mol. The topological polar surface area (TPSA) is 297 Å². The van der Waals surface area contributed by atoms with E-state index < -0.39 is 115 Å². The number of carbonyl (C=O) groups excluding carboxylic acids is 11. The van der Waals surface area contributed by atoms with Gasteiger partial charge in [-0.05, 0) is 47.0 Å². The average Bonchev–Trinajstić information content (AvgIpc) is 3.63. The monoisotopic (exact) mass is 777 g/mol. The number of hydrogen-bond donors (Lipinski definition) is 7. The van der Waals surface area contributed by atoms with Crippen LogP contribution in [0.5, 0.6) is 0 Å². The first kappa shape index (κ1) is 44.8. The summed E-state index contributed by atoms with van der Waals surface area (Å²) in [6.07, 6.45) is 0.0177. The summed E-state index contributed by atoms with van der Waals surface area (Å²) in [4.78, 5) is 138. The van der Waals surface area contributed by atoms with E-state index in [1.165, 1.54) is 34.8 Å². The van der Waals surface area contributed by atoms with Crippen molar-refractivity contribution in [2.45, 2.75) is 96.3 Å². The number of imide groups is 2. The van der Waals surface area contributed by atoms with Crippen molar-refractivity contribution in [3.63, 3.8) is 0 Å². The van der Waals surface area contributed by atoms with Crippen LogP contribution in [0.2, 0.25) is 0 Å². The van der Waals surface area contributed by atoms with Crippen molar-refractivity contribution in [1.29, 1.82) is 0 Å². The quantitative estimate of drug-likeness (QED) is 0.0376. The van der Waals surface area contributed by atoms with Crippen molar-refractivity contribution in [2.24, 2.45) is 0 Å². The second kappa shape index (κ2) is 21.4. The lowest BCUT2D eigenvalue weighted by Gasteiger charge is -2.26. The van der Waals surface area contributed by atoms with Crippen LogP contribution < -0.4 is 37.2 Å². The molecule has 22 heteroatoms. The molecule has 0 aromatic heterocycles. The molecule has 22 nitrogen and oxygen atoms in total. The number of hydrogen-bond acceptors (Lipinski definition) is 13. The molecule has 0 spiro atoms. The van der Waals surface area contributed by atoms with Gasteiger partial charge in [-0.3, -0.25) is 53.0 Å². The van der Waals surface area contributed by atoms with Gasteiger partial charge >= 0.3 is 12.2 Å². The van der Waals surface area contributed by atoms with E-state index in [9.17, 15) is 52.7 Å².